The number of aryl methyl sites for hydroxylation is 1. The zero-order valence-electron chi connectivity index (χ0n) is 11.7. The maximum absolute atomic E-state index is 12.5. The molecule has 0 aliphatic carbocycles. The number of aromatic nitrogens is 3. The van der Waals surface area contributed by atoms with Crippen LogP contribution < -0.4 is 5.69 Å². The third-order valence-corrected chi connectivity index (χ3v) is 4.70. The Kier molecular flexibility index (Phi) is 3.83. The molecule has 1 N–H and O–H groups in total. The molecule has 0 saturated carbocycles. The standard InChI is InChI=1S/C14H16N4O2S/c1-9-12(21-8-16-9)13(19)18-6-2-3-10(7-18)11-4-5-15-14(20)17-11/h4-5,8,10H,2-3,6-7H2,1H3,(H,15,17,20)/t10-/m1/s1. The van der Waals surface area contributed by atoms with Crippen molar-refractivity contribution in [3.8, 4) is 0 Å². The molecule has 3 rings (SSSR count). The van der Waals surface area contributed by atoms with Gasteiger partial charge in [0, 0.05) is 30.9 Å². The number of hydrogen-bond acceptors (Lipinski definition) is 5. The Hall–Kier alpha value is -2.02. The number of piperidine rings is 1. The molecule has 21 heavy (non-hydrogen) atoms. The van der Waals surface area contributed by atoms with E-state index in [1.807, 2.05) is 17.9 Å². The lowest BCUT2D eigenvalue weighted by Gasteiger charge is -2.32. The number of nitrogens with zero attached hydrogens (tertiary/aromatic N) is 3. The fourth-order valence-corrected chi connectivity index (χ4v) is 3.46. The molecule has 6 nitrogen and oxygen atoms in total. The fraction of sp³-hybridized carbons (Fsp3) is 0.429. The molecule has 1 saturated heterocycles. The van der Waals surface area contributed by atoms with Crippen LogP contribution in [0, 0.1) is 6.92 Å². The topological polar surface area (TPSA) is 79.0 Å². The van der Waals surface area contributed by atoms with E-state index in [1.54, 1.807) is 5.51 Å². The van der Waals surface area contributed by atoms with Crippen LogP contribution in [0.3, 0.4) is 0 Å². The van der Waals surface area contributed by atoms with Gasteiger partial charge in [-0.25, -0.2) is 14.8 Å². The van der Waals surface area contributed by atoms with Crippen LogP contribution in [-0.2, 0) is 0 Å². The normalized spacial score (nSPS) is 18.7. The third kappa shape index (κ3) is 2.87. The van der Waals surface area contributed by atoms with Gasteiger partial charge in [-0.3, -0.25) is 4.79 Å². The Bertz CT molecular complexity index is 709. The smallest absolute Gasteiger partial charge is 0.337 e. The number of likely N-dealkylation sites (tertiary alicyclic amines) is 1. The van der Waals surface area contributed by atoms with Gasteiger partial charge in [0.15, 0.2) is 0 Å². The first-order chi connectivity index (χ1) is 10.1. The summed E-state index contributed by atoms with van der Waals surface area (Å²) >= 11 is 1.38. The SMILES string of the molecule is Cc1ncsc1C(=O)N1CCC[C@@H](c2ccnc(=O)[nH]2)C1. The van der Waals surface area contributed by atoms with Crippen molar-refractivity contribution >= 4 is 17.2 Å². The number of carbonyl (C=O) groups is 1. The minimum atomic E-state index is -0.339. The van der Waals surface area contributed by atoms with Gasteiger partial charge in [-0.15, -0.1) is 11.3 Å². The van der Waals surface area contributed by atoms with Gasteiger partial charge < -0.3 is 9.88 Å². The number of carbonyl (C=O) groups excluding carboxylic acids is 1. The molecule has 2 aromatic heterocycles. The average Bonchev–Trinajstić information content (AvgIpc) is 2.93. The number of thiazole rings is 1. The highest BCUT2D eigenvalue weighted by Gasteiger charge is 2.27. The molecule has 2 aromatic rings. The molecule has 0 bridgehead atoms. The van der Waals surface area contributed by atoms with Crippen molar-refractivity contribution in [2.24, 2.45) is 0 Å². The zero-order chi connectivity index (χ0) is 14.8. The molecule has 1 aliphatic heterocycles. The molecule has 3 heterocycles. The lowest BCUT2D eigenvalue weighted by molar-refractivity contribution is 0.0710. The highest BCUT2D eigenvalue weighted by molar-refractivity contribution is 7.11. The second kappa shape index (κ2) is 5.77. The Morgan fingerprint density at radius 2 is 2.33 bits per heavy atom. The van der Waals surface area contributed by atoms with Gasteiger partial charge in [-0.05, 0) is 25.8 Å². The summed E-state index contributed by atoms with van der Waals surface area (Å²) in [5.74, 6) is 0.197. The lowest BCUT2D eigenvalue weighted by atomic mass is 9.94. The number of aromatic amines is 1. The van der Waals surface area contributed by atoms with Crippen molar-refractivity contribution in [2.75, 3.05) is 13.1 Å². The fourth-order valence-electron chi connectivity index (χ4n) is 2.69. The van der Waals surface area contributed by atoms with E-state index in [0.717, 1.165) is 30.8 Å². The van der Waals surface area contributed by atoms with Crippen molar-refractivity contribution in [3.05, 3.63) is 44.5 Å². The maximum atomic E-state index is 12.5. The van der Waals surface area contributed by atoms with E-state index < -0.39 is 0 Å². The van der Waals surface area contributed by atoms with Crippen molar-refractivity contribution in [1.29, 1.82) is 0 Å². The molecular formula is C14H16N4O2S. The summed E-state index contributed by atoms with van der Waals surface area (Å²) in [5, 5.41) is 0. The molecule has 1 aliphatic rings. The molecule has 0 radical (unpaired) electrons. The summed E-state index contributed by atoms with van der Waals surface area (Å²) in [6, 6.07) is 1.82. The molecule has 1 amide bonds. The first-order valence-electron chi connectivity index (χ1n) is 6.89. The van der Waals surface area contributed by atoms with Crippen LogP contribution in [-0.4, -0.2) is 38.8 Å². The van der Waals surface area contributed by atoms with E-state index in [-0.39, 0.29) is 17.5 Å². The Morgan fingerprint density at radius 3 is 3.05 bits per heavy atom. The monoisotopic (exact) mass is 304 g/mol. The lowest BCUT2D eigenvalue weighted by Crippen LogP contribution is -2.39. The van der Waals surface area contributed by atoms with Gasteiger partial charge in [-0.2, -0.15) is 0 Å². The summed E-state index contributed by atoms with van der Waals surface area (Å²) in [7, 11) is 0. The number of H-pyrrole nitrogens is 1. The van der Waals surface area contributed by atoms with Crippen molar-refractivity contribution in [3.63, 3.8) is 0 Å². The van der Waals surface area contributed by atoms with Gasteiger partial charge in [-0.1, -0.05) is 0 Å². The summed E-state index contributed by atoms with van der Waals surface area (Å²) in [6.07, 6.45) is 3.41. The van der Waals surface area contributed by atoms with Crippen molar-refractivity contribution in [2.45, 2.75) is 25.7 Å². The summed E-state index contributed by atoms with van der Waals surface area (Å²) < 4.78 is 0. The molecule has 7 heteroatoms. The summed E-state index contributed by atoms with van der Waals surface area (Å²) in [5.41, 5.74) is 3.00. The van der Waals surface area contributed by atoms with Crippen LogP contribution in [0.4, 0.5) is 0 Å². The quantitative estimate of drug-likeness (QED) is 0.913. The highest BCUT2D eigenvalue weighted by Crippen LogP contribution is 2.27. The zero-order valence-corrected chi connectivity index (χ0v) is 12.5. The van der Waals surface area contributed by atoms with Gasteiger partial charge in [0.05, 0.1) is 11.2 Å². The number of hydrogen-bond donors (Lipinski definition) is 1. The maximum Gasteiger partial charge on any atom is 0.345 e. The third-order valence-electron chi connectivity index (χ3n) is 3.79. The van der Waals surface area contributed by atoms with E-state index in [9.17, 15) is 9.59 Å². The first-order valence-corrected chi connectivity index (χ1v) is 7.77. The van der Waals surface area contributed by atoms with Gasteiger partial charge in [0.1, 0.15) is 4.88 Å². The van der Waals surface area contributed by atoms with Crippen molar-refractivity contribution < 1.29 is 4.79 Å². The number of nitrogens with one attached hydrogen (secondary N) is 1. The molecule has 1 fully saturated rings. The van der Waals surface area contributed by atoms with Crippen LogP contribution in [0.2, 0.25) is 0 Å². The Morgan fingerprint density at radius 1 is 1.48 bits per heavy atom. The van der Waals surface area contributed by atoms with E-state index in [4.69, 9.17) is 0 Å². The molecule has 0 aromatic carbocycles. The van der Waals surface area contributed by atoms with Crippen LogP contribution in [0.1, 0.15) is 39.8 Å². The minimum Gasteiger partial charge on any atom is -0.337 e. The average molecular weight is 304 g/mol. The summed E-state index contributed by atoms with van der Waals surface area (Å²) in [6.45, 7) is 3.23. The van der Waals surface area contributed by atoms with E-state index >= 15 is 0 Å². The van der Waals surface area contributed by atoms with E-state index in [1.165, 1.54) is 17.5 Å². The Labute approximate surface area is 125 Å². The molecular weight excluding hydrogens is 288 g/mol. The van der Waals surface area contributed by atoms with E-state index in [2.05, 4.69) is 15.0 Å². The van der Waals surface area contributed by atoms with Crippen molar-refractivity contribution in [1.82, 2.24) is 19.9 Å². The second-order valence-corrected chi connectivity index (χ2v) is 6.04. The van der Waals surface area contributed by atoms with Crippen LogP contribution in [0.25, 0.3) is 0 Å². The highest BCUT2D eigenvalue weighted by atomic mass is 32.1. The molecule has 0 spiro atoms. The number of rotatable bonds is 2. The molecule has 0 unspecified atom stereocenters. The van der Waals surface area contributed by atoms with Crippen LogP contribution in [0.5, 0.6) is 0 Å². The van der Waals surface area contributed by atoms with Crippen LogP contribution in [0.15, 0.2) is 22.6 Å². The largest absolute Gasteiger partial charge is 0.345 e. The van der Waals surface area contributed by atoms with Gasteiger partial charge >= 0.3 is 5.69 Å². The van der Waals surface area contributed by atoms with E-state index in [0.29, 0.717) is 11.4 Å². The van der Waals surface area contributed by atoms with Gasteiger partial charge in [0.25, 0.3) is 5.91 Å². The van der Waals surface area contributed by atoms with Gasteiger partial charge in [0.2, 0.25) is 0 Å². The predicted molar refractivity (Wildman–Crippen MR) is 79.6 cm³/mol. The van der Waals surface area contributed by atoms with Crippen LogP contribution >= 0.6 is 11.3 Å². The predicted octanol–water partition coefficient (Wildman–Crippen LogP) is 1.55. The minimum absolute atomic E-state index is 0.0381. The Balaban J connectivity index is 1.79. The molecule has 110 valence electrons. The summed E-state index contributed by atoms with van der Waals surface area (Å²) in [4.78, 5) is 37.0. The molecule has 1 atom stereocenters. The second-order valence-electron chi connectivity index (χ2n) is 5.19. The first kappa shape index (κ1) is 13.9. The number of amides is 1.